The monoisotopic (exact) mass is 334 g/mol. The first-order valence-corrected chi connectivity index (χ1v) is 7.44. The normalized spacial score (nSPS) is 11.1. The van der Waals surface area contributed by atoms with Crippen LogP contribution in [0.5, 0.6) is 0 Å². The van der Waals surface area contributed by atoms with Gasteiger partial charge in [-0.2, -0.15) is 0 Å². The molecule has 1 aromatic carbocycles. The average molecular weight is 335 g/mol. The number of benzene rings is 1. The second-order valence-electron chi connectivity index (χ2n) is 4.38. The molecule has 0 aliphatic heterocycles. The van der Waals surface area contributed by atoms with E-state index in [4.69, 9.17) is 0 Å². The molecule has 0 atom stereocenters. The Morgan fingerprint density at radius 3 is 2.79 bits per heavy atom. The standard InChI is InChI=1S/C14H11BrN2OS/c1-9-6-12-13(19-9)16-8-17(14(12)18)7-10-2-4-11(15)5-3-10/h2-6,8H,7H2,1H3. The fraction of sp³-hybridized carbons (Fsp3) is 0.143. The van der Waals surface area contributed by atoms with Gasteiger partial charge < -0.3 is 0 Å². The minimum atomic E-state index is 0.0252. The number of thiophene rings is 1. The first-order valence-electron chi connectivity index (χ1n) is 5.83. The van der Waals surface area contributed by atoms with E-state index in [0.717, 1.165) is 19.7 Å². The molecular weight excluding hydrogens is 324 g/mol. The first kappa shape index (κ1) is 12.6. The topological polar surface area (TPSA) is 34.9 Å². The van der Waals surface area contributed by atoms with E-state index in [-0.39, 0.29) is 5.56 Å². The molecular formula is C14H11BrN2OS. The molecule has 0 radical (unpaired) electrons. The molecule has 96 valence electrons. The molecule has 3 nitrogen and oxygen atoms in total. The van der Waals surface area contributed by atoms with Crippen LogP contribution in [0, 0.1) is 6.92 Å². The molecule has 2 heterocycles. The Morgan fingerprint density at radius 1 is 1.32 bits per heavy atom. The fourth-order valence-corrected chi connectivity index (χ4v) is 3.08. The number of rotatable bonds is 2. The maximum absolute atomic E-state index is 12.3. The summed E-state index contributed by atoms with van der Waals surface area (Å²) in [6, 6.07) is 9.86. The highest BCUT2D eigenvalue weighted by atomic mass is 79.9. The molecule has 3 aromatic rings. The highest BCUT2D eigenvalue weighted by molar-refractivity contribution is 9.10. The molecule has 0 amide bonds. The van der Waals surface area contributed by atoms with E-state index >= 15 is 0 Å². The van der Waals surface area contributed by atoms with Gasteiger partial charge in [-0.25, -0.2) is 4.98 Å². The van der Waals surface area contributed by atoms with E-state index < -0.39 is 0 Å². The Hall–Kier alpha value is -1.46. The van der Waals surface area contributed by atoms with Crippen molar-refractivity contribution in [1.29, 1.82) is 0 Å². The van der Waals surface area contributed by atoms with Crippen LogP contribution in [0.4, 0.5) is 0 Å². The van der Waals surface area contributed by atoms with Gasteiger partial charge in [-0.3, -0.25) is 9.36 Å². The number of halogens is 1. The second kappa shape index (κ2) is 4.90. The van der Waals surface area contributed by atoms with Crippen LogP contribution in [0.3, 0.4) is 0 Å². The quantitative estimate of drug-likeness (QED) is 0.718. The fourth-order valence-electron chi connectivity index (χ4n) is 1.98. The van der Waals surface area contributed by atoms with Gasteiger partial charge in [-0.15, -0.1) is 11.3 Å². The predicted molar refractivity (Wildman–Crippen MR) is 81.9 cm³/mol. The van der Waals surface area contributed by atoms with Gasteiger partial charge in [0.05, 0.1) is 18.3 Å². The van der Waals surface area contributed by atoms with Crippen LogP contribution in [0.15, 0.2) is 45.9 Å². The van der Waals surface area contributed by atoms with Crippen molar-refractivity contribution < 1.29 is 0 Å². The van der Waals surface area contributed by atoms with Gasteiger partial charge in [0.1, 0.15) is 4.83 Å². The molecule has 0 N–H and O–H groups in total. The maximum Gasteiger partial charge on any atom is 0.262 e. The zero-order valence-electron chi connectivity index (χ0n) is 10.3. The van der Waals surface area contributed by atoms with E-state index in [0.29, 0.717) is 11.9 Å². The molecule has 2 aromatic heterocycles. The van der Waals surface area contributed by atoms with Gasteiger partial charge in [-0.05, 0) is 30.7 Å². The molecule has 0 spiro atoms. The number of nitrogens with zero attached hydrogens (tertiary/aromatic N) is 2. The van der Waals surface area contributed by atoms with Crippen molar-refractivity contribution in [2.24, 2.45) is 0 Å². The Balaban J connectivity index is 2.03. The number of hydrogen-bond donors (Lipinski definition) is 0. The van der Waals surface area contributed by atoms with Crippen LogP contribution < -0.4 is 5.56 Å². The molecule has 0 saturated heterocycles. The highest BCUT2D eigenvalue weighted by Gasteiger charge is 2.07. The molecule has 0 unspecified atom stereocenters. The Morgan fingerprint density at radius 2 is 2.05 bits per heavy atom. The van der Waals surface area contributed by atoms with Gasteiger partial charge in [-0.1, -0.05) is 28.1 Å². The summed E-state index contributed by atoms with van der Waals surface area (Å²) in [7, 11) is 0. The van der Waals surface area contributed by atoms with E-state index in [1.807, 2.05) is 37.3 Å². The van der Waals surface area contributed by atoms with E-state index in [2.05, 4.69) is 20.9 Å². The highest BCUT2D eigenvalue weighted by Crippen LogP contribution is 2.19. The molecule has 0 aliphatic rings. The predicted octanol–water partition coefficient (Wildman–Crippen LogP) is 3.58. The third-order valence-corrected chi connectivity index (χ3v) is 4.39. The number of fused-ring (bicyclic) bond motifs is 1. The Labute approximate surface area is 122 Å². The lowest BCUT2D eigenvalue weighted by atomic mass is 10.2. The lowest BCUT2D eigenvalue weighted by Gasteiger charge is -2.05. The summed E-state index contributed by atoms with van der Waals surface area (Å²) in [5.74, 6) is 0. The minimum Gasteiger partial charge on any atom is -0.294 e. The van der Waals surface area contributed by atoms with E-state index in [1.54, 1.807) is 22.2 Å². The van der Waals surface area contributed by atoms with Crippen LogP contribution >= 0.6 is 27.3 Å². The summed E-state index contributed by atoms with van der Waals surface area (Å²) in [6.07, 6.45) is 1.63. The molecule has 0 aliphatic carbocycles. The van der Waals surface area contributed by atoms with Gasteiger partial charge in [0.25, 0.3) is 5.56 Å². The molecule has 0 bridgehead atoms. The lowest BCUT2D eigenvalue weighted by molar-refractivity contribution is 0.749. The molecule has 3 rings (SSSR count). The van der Waals surface area contributed by atoms with Crippen molar-refractivity contribution in [2.45, 2.75) is 13.5 Å². The van der Waals surface area contributed by atoms with Gasteiger partial charge in [0.2, 0.25) is 0 Å². The third kappa shape index (κ3) is 2.48. The van der Waals surface area contributed by atoms with Gasteiger partial charge in [0.15, 0.2) is 0 Å². The van der Waals surface area contributed by atoms with Gasteiger partial charge >= 0.3 is 0 Å². The zero-order valence-corrected chi connectivity index (χ0v) is 12.7. The van der Waals surface area contributed by atoms with Crippen LogP contribution in [-0.4, -0.2) is 9.55 Å². The second-order valence-corrected chi connectivity index (χ2v) is 6.53. The summed E-state index contributed by atoms with van der Waals surface area (Å²) >= 11 is 4.95. The third-order valence-electron chi connectivity index (χ3n) is 2.91. The first-order chi connectivity index (χ1) is 9.13. The summed E-state index contributed by atoms with van der Waals surface area (Å²) < 4.78 is 2.68. The Bertz CT molecular complexity index is 789. The molecule has 5 heteroatoms. The van der Waals surface area contributed by atoms with Crippen LogP contribution in [0.1, 0.15) is 10.4 Å². The summed E-state index contributed by atoms with van der Waals surface area (Å²) in [5, 5.41) is 0.710. The largest absolute Gasteiger partial charge is 0.294 e. The number of hydrogen-bond acceptors (Lipinski definition) is 3. The van der Waals surface area contributed by atoms with Crippen molar-refractivity contribution in [3.05, 3.63) is 61.9 Å². The number of aromatic nitrogens is 2. The van der Waals surface area contributed by atoms with Crippen molar-refractivity contribution in [1.82, 2.24) is 9.55 Å². The Kier molecular flexibility index (Phi) is 3.24. The minimum absolute atomic E-state index is 0.0252. The van der Waals surface area contributed by atoms with E-state index in [9.17, 15) is 4.79 Å². The van der Waals surface area contributed by atoms with E-state index in [1.165, 1.54) is 0 Å². The van der Waals surface area contributed by atoms with Crippen LogP contribution in [0.2, 0.25) is 0 Å². The smallest absolute Gasteiger partial charge is 0.262 e. The lowest BCUT2D eigenvalue weighted by Crippen LogP contribution is -2.20. The van der Waals surface area contributed by atoms with Crippen molar-refractivity contribution in [3.8, 4) is 0 Å². The van der Waals surface area contributed by atoms with Gasteiger partial charge in [0, 0.05) is 9.35 Å². The zero-order chi connectivity index (χ0) is 13.4. The van der Waals surface area contributed by atoms with Crippen LogP contribution in [-0.2, 0) is 6.54 Å². The summed E-state index contributed by atoms with van der Waals surface area (Å²) in [6.45, 7) is 2.54. The SMILES string of the molecule is Cc1cc2c(=O)n(Cc3ccc(Br)cc3)cnc2s1. The van der Waals surface area contributed by atoms with Crippen molar-refractivity contribution >= 4 is 37.5 Å². The molecule has 0 saturated carbocycles. The number of aryl methyl sites for hydroxylation is 1. The maximum atomic E-state index is 12.3. The summed E-state index contributed by atoms with van der Waals surface area (Å²) in [5.41, 5.74) is 1.11. The summed E-state index contributed by atoms with van der Waals surface area (Å²) in [4.78, 5) is 18.6. The molecule has 19 heavy (non-hydrogen) atoms. The molecule has 0 fully saturated rings. The van der Waals surface area contributed by atoms with Crippen molar-refractivity contribution in [2.75, 3.05) is 0 Å². The van der Waals surface area contributed by atoms with Crippen LogP contribution in [0.25, 0.3) is 10.2 Å². The van der Waals surface area contributed by atoms with Crippen molar-refractivity contribution in [3.63, 3.8) is 0 Å². The average Bonchev–Trinajstić information content (AvgIpc) is 2.77.